The van der Waals surface area contributed by atoms with E-state index in [4.69, 9.17) is 9.31 Å². The van der Waals surface area contributed by atoms with Gasteiger partial charge in [0.25, 0.3) is 0 Å². The van der Waals surface area contributed by atoms with Crippen molar-refractivity contribution >= 4 is 7.12 Å². The largest absolute Gasteiger partial charge is 0.462 e. The lowest BCUT2D eigenvalue weighted by Gasteiger charge is -2.26. The fourth-order valence-electron chi connectivity index (χ4n) is 1.22. The molecule has 0 aliphatic heterocycles. The van der Waals surface area contributed by atoms with Crippen LogP contribution in [0.3, 0.4) is 0 Å². The zero-order valence-corrected chi connectivity index (χ0v) is 11.1. The predicted octanol–water partition coefficient (Wildman–Crippen LogP) is 3.91. The van der Waals surface area contributed by atoms with E-state index in [1.807, 2.05) is 0 Å². The molecular weight excluding hydrogens is 187 g/mol. The summed E-state index contributed by atoms with van der Waals surface area (Å²) in [6, 6.07) is 0. The SMILES string of the molecule is CCCCOB(OCCCC)C(C)(C)C. The molecule has 0 spiro atoms. The van der Waals surface area contributed by atoms with Crippen molar-refractivity contribution in [3.8, 4) is 0 Å². The standard InChI is InChI=1S/C12H27BO2/c1-6-8-10-14-13(12(3,4)5)15-11-9-7-2/h6-11H2,1-5H3. The molecule has 0 amide bonds. The lowest BCUT2D eigenvalue weighted by Crippen LogP contribution is -2.33. The van der Waals surface area contributed by atoms with Crippen LogP contribution in [0.5, 0.6) is 0 Å². The van der Waals surface area contributed by atoms with Gasteiger partial charge in [0, 0.05) is 13.2 Å². The van der Waals surface area contributed by atoms with E-state index in [9.17, 15) is 0 Å². The lowest BCUT2D eigenvalue weighted by atomic mass is 9.61. The van der Waals surface area contributed by atoms with Crippen molar-refractivity contribution in [2.75, 3.05) is 13.2 Å². The highest BCUT2D eigenvalue weighted by atomic mass is 16.6. The predicted molar refractivity (Wildman–Crippen MR) is 67.2 cm³/mol. The molecule has 0 radical (unpaired) electrons. The van der Waals surface area contributed by atoms with Crippen molar-refractivity contribution < 1.29 is 9.31 Å². The van der Waals surface area contributed by atoms with Gasteiger partial charge in [0.05, 0.1) is 0 Å². The molecule has 0 aromatic heterocycles. The Morgan fingerprint density at radius 3 is 1.53 bits per heavy atom. The number of unbranched alkanes of at least 4 members (excludes halogenated alkanes) is 2. The van der Waals surface area contributed by atoms with Crippen LogP contribution in [0.2, 0.25) is 5.31 Å². The molecule has 0 atom stereocenters. The van der Waals surface area contributed by atoms with E-state index in [-0.39, 0.29) is 12.4 Å². The lowest BCUT2D eigenvalue weighted by molar-refractivity contribution is 0.173. The van der Waals surface area contributed by atoms with E-state index >= 15 is 0 Å². The van der Waals surface area contributed by atoms with Crippen LogP contribution in [0.1, 0.15) is 60.3 Å². The van der Waals surface area contributed by atoms with Crippen LogP contribution in [0.25, 0.3) is 0 Å². The quantitative estimate of drug-likeness (QED) is 0.450. The third-order valence-electron chi connectivity index (χ3n) is 2.24. The zero-order chi connectivity index (χ0) is 11.7. The smallest absolute Gasteiger partial charge is 0.411 e. The van der Waals surface area contributed by atoms with Crippen molar-refractivity contribution in [2.24, 2.45) is 0 Å². The Morgan fingerprint density at radius 1 is 0.867 bits per heavy atom. The van der Waals surface area contributed by atoms with Crippen LogP contribution in [0, 0.1) is 0 Å². The second-order valence-electron chi connectivity index (χ2n) is 5.15. The van der Waals surface area contributed by atoms with Crippen LogP contribution >= 0.6 is 0 Å². The second-order valence-corrected chi connectivity index (χ2v) is 5.15. The molecule has 0 fully saturated rings. The first-order valence-electron chi connectivity index (χ1n) is 6.25. The van der Waals surface area contributed by atoms with E-state index in [0.29, 0.717) is 0 Å². The van der Waals surface area contributed by atoms with Gasteiger partial charge in [-0.15, -0.1) is 0 Å². The minimum atomic E-state index is -0.0596. The third kappa shape index (κ3) is 7.86. The summed E-state index contributed by atoms with van der Waals surface area (Å²) < 4.78 is 11.5. The molecular formula is C12H27BO2. The molecule has 90 valence electrons. The van der Waals surface area contributed by atoms with Gasteiger partial charge in [-0.3, -0.25) is 0 Å². The van der Waals surface area contributed by atoms with Crippen molar-refractivity contribution in [2.45, 2.75) is 65.6 Å². The topological polar surface area (TPSA) is 18.5 Å². The third-order valence-corrected chi connectivity index (χ3v) is 2.24. The van der Waals surface area contributed by atoms with E-state index < -0.39 is 0 Å². The molecule has 0 aromatic carbocycles. The fraction of sp³-hybridized carbons (Fsp3) is 1.00. The molecule has 0 N–H and O–H groups in total. The van der Waals surface area contributed by atoms with E-state index in [0.717, 1.165) is 26.1 Å². The Morgan fingerprint density at radius 2 is 1.27 bits per heavy atom. The molecule has 2 nitrogen and oxygen atoms in total. The Hall–Kier alpha value is -0.0151. The van der Waals surface area contributed by atoms with Gasteiger partial charge in [-0.2, -0.15) is 0 Å². The molecule has 0 bridgehead atoms. The molecule has 0 aromatic rings. The van der Waals surface area contributed by atoms with Crippen molar-refractivity contribution in [1.82, 2.24) is 0 Å². The first-order valence-corrected chi connectivity index (χ1v) is 6.25. The number of rotatable bonds is 8. The molecule has 0 heterocycles. The van der Waals surface area contributed by atoms with Gasteiger partial charge in [-0.1, -0.05) is 47.5 Å². The maximum absolute atomic E-state index is 5.77. The van der Waals surface area contributed by atoms with Crippen molar-refractivity contribution in [1.29, 1.82) is 0 Å². The van der Waals surface area contributed by atoms with Gasteiger partial charge >= 0.3 is 7.12 Å². The molecule has 0 saturated carbocycles. The minimum Gasteiger partial charge on any atom is -0.411 e. The monoisotopic (exact) mass is 214 g/mol. The first-order chi connectivity index (χ1) is 7.02. The normalized spacial score (nSPS) is 11.8. The Balaban J connectivity index is 3.85. The van der Waals surface area contributed by atoms with Crippen LogP contribution < -0.4 is 0 Å². The average molecular weight is 214 g/mol. The van der Waals surface area contributed by atoms with Crippen molar-refractivity contribution in [3.05, 3.63) is 0 Å². The van der Waals surface area contributed by atoms with Gasteiger partial charge < -0.3 is 9.31 Å². The van der Waals surface area contributed by atoms with Crippen LogP contribution in [0.15, 0.2) is 0 Å². The molecule has 0 unspecified atom stereocenters. The summed E-state index contributed by atoms with van der Waals surface area (Å²) in [5.41, 5.74) is 0. The highest BCUT2D eigenvalue weighted by Gasteiger charge is 2.33. The zero-order valence-electron chi connectivity index (χ0n) is 11.1. The minimum absolute atomic E-state index is 0.0596. The molecule has 0 aliphatic carbocycles. The van der Waals surface area contributed by atoms with Gasteiger partial charge in [-0.25, -0.2) is 0 Å². The molecule has 15 heavy (non-hydrogen) atoms. The summed E-state index contributed by atoms with van der Waals surface area (Å²) in [5, 5.41) is 0.0709. The van der Waals surface area contributed by atoms with E-state index in [2.05, 4.69) is 34.6 Å². The number of hydrogen-bond donors (Lipinski definition) is 0. The molecule has 0 rings (SSSR count). The van der Waals surface area contributed by atoms with E-state index in [1.54, 1.807) is 0 Å². The Kier molecular flexibility index (Phi) is 8.17. The van der Waals surface area contributed by atoms with Crippen LogP contribution in [-0.4, -0.2) is 20.3 Å². The van der Waals surface area contributed by atoms with Gasteiger partial charge in [0.2, 0.25) is 0 Å². The van der Waals surface area contributed by atoms with Crippen LogP contribution in [0.4, 0.5) is 0 Å². The summed E-state index contributed by atoms with van der Waals surface area (Å²) in [6.07, 6.45) is 4.57. The van der Waals surface area contributed by atoms with Gasteiger partial charge in [-0.05, 0) is 18.2 Å². The molecule has 3 heteroatoms. The summed E-state index contributed by atoms with van der Waals surface area (Å²) in [7, 11) is -0.0596. The first kappa shape index (κ1) is 15.0. The highest BCUT2D eigenvalue weighted by molar-refractivity contribution is 6.48. The second kappa shape index (κ2) is 8.17. The maximum Gasteiger partial charge on any atom is 0.462 e. The summed E-state index contributed by atoms with van der Waals surface area (Å²) in [4.78, 5) is 0. The Bertz CT molecular complexity index is 133. The van der Waals surface area contributed by atoms with Gasteiger partial charge in [0.15, 0.2) is 0 Å². The number of hydrogen-bond acceptors (Lipinski definition) is 2. The van der Waals surface area contributed by atoms with Crippen LogP contribution in [-0.2, 0) is 9.31 Å². The van der Waals surface area contributed by atoms with Crippen molar-refractivity contribution in [3.63, 3.8) is 0 Å². The highest BCUT2D eigenvalue weighted by Crippen LogP contribution is 2.28. The summed E-state index contributed by atoms with van der Waals surface area (Å²) >= 11 is 0. The van der Waals surface area contributed by atoms with E-state index in [1.165, 1.54) is 12.8 Å². The van der Waals surface area contributed by atoms with Gasteiger partial charge in [0.1, 0.15) is 0 Å². The fourth-order valence-corrected chi connectivity index (χ4v) is 1.22. The molecule has 0 aliphatic rings. The average Bonchev–Trinajstić information content (AvgIpc) is 2.14. The Labute approximate surface area is 95.9 Å². The summed E-state index contributed by atoms with van der Waals surface area (Å²) in [5.74, 6) is 0. The summed E-state index contributed by atoms with van der Waals surface area (Å²) in [6.45, 7) is 12.5. The molecule has 0 saturated heterocycles. The maximum atomic E-state index is 5.77.